The SMILES string of the molecule is CCC(C)CN(C)CC(=O)Nc1ccc(N)cc1C. The van der Waals surface area contributed by atoms with Crippen LogP contribution in [0.5, 0.6) is 0 Å². The van der Waals surface area contributed by atoms with Crippen LogP contribution in [0.3, 0.4) is 0 Å². The molecule has 1 atom stereocenters. The Morgan fingerprint density at radius 1 is 1.47 bits per heavy atom. The Morgan fingerprint density at radius 3 is 2.74 bits per heavy atom. The number of hydrogen-bond acceptors (Lipinski definition) is 3. The van der Waals surface area contributed by atoms with E-state index in [2.05, 4.69) is 24.1 Å². The predicted molar refractivity (Wildman–Crippen MR) is 81.2 cm³/mol. The molecule has 4 heteroatoms. The molecule has 1 aromatic carbocycles. The molecule has 0 radical (unpaired) electrons. The van der Waals surface area contributed by atoms with E-state index in [1.54, 1.807) is 6.07 Å². The van der Waals surface area contributed by atoms with Crippen LogP contribution < -0.4 is 11.1 Å². The van der Waals surface area contributed by atoms with Gasteiger partial charge in [-0.05, 0) is 43.7 Å². The van der Waals surface area contributed by atoms with Crippen molar-refractivity contribution in [1.82, 2.24) is 4.90 Å². The van der Waals surface area contributed by atoms with Crippen LogP contribution in [0.15, 0.2) is 18.2 Å². The molecule has 19 heavy (non-hydrogen) atoms. The van der Waals surface area contributed by atoms with Gasteiger partial charge in [-0.2, -0.15) is 0 Å². The number of nitrogen functional groups attached to an aromatic ring is 1. The molecule has 4 nitrogen and oxygen atoms in total. The van der Waals surface area contributed by atoms with Crippen LogP contribution in [0.25, 0.3) is 0 Å². The van der Waals surface area contributed by atoms with Crippen LogP contribution in [-0.2, 0) is 4.79 Å². The minimum Gasteiger partial charge on any atom is -0.399 e. The molecule has 1 unspecified atom stereocenters. The molecule has 0 saturated heterocycles. The van der Waals surface area contributed by atoms with Gasteiger partial charge in [-0.25, -0.2) is 0 Å². The first-order chi connectivity index (χ1) is 8.92. The molecular formula is C15H25N3O. The standard InChI is InChI=1S/C15H25N3O/c1-5-11(2)9-18(4)10-15(19)17-14-7-6-13(16)8-12(14)3/h6-8,11H,5,9-10,16H2,1-4H3,(H,17,19). The van der Waals surface area contributed by atoms with Crippen LogP contribution in [-0.4, -0.2) is 30.9 Å². The van der Waals surface area contributed by atoms with E-state index in [4.69, 9.17) is 5.73 Å². The van der Waals surface area contributed by atoms with E-state index >= 15 is 0 Å². The summed E-state index contributed by atoms with van der Waals surface area (Å²) in [6.07, 6.45) is 1.13. The normalized spacial score (nSPS) is 12.5. The third-order valence-corrected chi connectivity index (χ3v) is 3.26. The summed E-state index contributed by atoms with van der Waals surface area (Å²) >= 11 is 0. The summed E-state index contributed by atoms with van der Waals surface area (Å²) < 4.78 is 0. The molecule has 0 aliphatic heterocycles. The molecule has 0 saturated carbocycles. The van der Waals surface area contributed by atoms with E-state index in [1.807, 2.05) is 26.1 Å². The van der Waals surface area contributed by atoms with Crippen molar-refractivity contribution in [1.29, 1.82) is 0 Å². The number of rotatable bonds is 6. The maximum atomic E-state index is 11.9. The molecule has 106 valence electrons. The number of benzene rings is 1. The van der Waals surface area contributed by atoms with E-state index in [0.29, 0.717) is 18.2 Å². The van der Waals surface area contributed by atoms with E-state index in [1.165, 1.54) is 0 Å². The van der Waals surface area contributed by atoms with Crippen molar-refractivity contribution in [2.45, 2.75) is 27.2 Å². The summed E-state index contributed by atoms with van der Waals surface area (Å²) in [6, 6.07) is 5.50. The van der Waals surface area contributed by atoms with Crippen LogP contribution in [0, 0.1) is 12.8 Å². The molecule has 0 bridgehead atoms. The lowest BCUT2D eigenvalue weighted by atomic mass is 10.1. The summed E-state index contributed by atoms with van der Waals surface area (Å²) in [5, 5.41) is 2.92. The number of aryl methyl sites for hydroxylation is 1. The number of nitrogens with two attached hydrogens (primary N) is 1. The van der Waals surface area contributed by atoms with Gasteiger partial charge < -0.3 is 11.1 Å². The highest BCUT2D eigenvalue weighted by atomic mass is 16.2. The lowest BCUT2D eigenvalue weighted by Gasteiger charge is -2.20. The second kappa shape index (κ2) is 7.14. The molecule has 0 aliphatic carbocycles. The van der Waals surface area contributed by atoms with Gasteiger partial charge in [-0.3, -0.25) is 9.69 Å². The number of nitrogens with one attached hydrogen (secondary N) is 1. The fraction of sp³-hybridized carbons (Fsp3) is 0.533. The zero-order valence-corrected chi connectivity index (χ0v) is 12.4. The van der Waals surface area contributed by atoms with Gasteiger partial charge in [0.1, 0.15) is 0 Å². The molecular weight excluding hydrogens is 238 g/mol. The molecule has 0 spiro atoms. The van der Waals surface area contributed by atoms with Gasteiger partial charge in [0.25, 0.3) is 0 Å². The van der Waals surface area contributed by atoms with Crippen LogP contribution in [0.2, 0.25) is 0 Å². The summed E-state index contributed by atoms with van der Waals surface area (Å²) in [5.74, 6) is 0.620. The first-order valence-electron chi connectivity index (χ1n) is 6.77. The molecule has 3 N–H and O–H groups in total. The maximum absolute atomic E-state index is 11.9. The Morgan fingerprint density at radius 2 is 2.16 bits per heavy atom. The number of anilines is 2. The Balaban J connectivity index is 2.51. The minimum absolute atomic E-state index is 0.0127. The third-order valence-electron chi connectivity index (χ3n) is 3.26. The van der Waals surface area contributed by atoms with Crippen molar-refractivity contribution in [3.63, 3.8) is 0 Å². The Hall–Kier alpha value is -1.55. The number of carbonyl (C=O) groups is 1. The second-order valence-corrected chi connectivity index (χ2v) is 5.33. The van der Waals surface area contributed by atoms with Crippen molar-refractivity contribution in [3.8, 4) is 0 Å². The van der Waals surface area contributed by atoms with Crippen LogP contribution in [0.4, 0.5) is 11.4 Å². The van der Waals surface area contributed by atoms with Crippen molar-refractivity contribution in [2.24, 2.45) is 5.92 Å². The number of nitrogens with zero attached hydrogens (tertiary/aromatic N) is 1. The van der Waals surface area contributed by atoms with Crippen molar-refractivity contribution < 1.29 is 4.79 Å². The molecule has 0 aromatic heterocycles. The zero-order valence-electron chi connectivity index (χ0n) is 12.4. The maximum Gasteiger partial charge on any atom is 0.238 e. The Labute approximate surface area is 116 Å². The number of hydrogen-bond donors (Lipinski definition) is 2. The highest BCUT2D eigenvalue weighted by Gasteiger charge is 2.10. The molecule has 1 amide bonds. The lowest BCUT2D eigenvalue weighted by molar-refractivity contribution is -0.117. The van der Waals surface area contributed by atoms with Gasteiger partial charge in [0.15, 0.2) is 0 Å². The smallest absolute Gasteiger partial charge is 0.238 e. The Bertz CT molecular complexity index is 431. The third kappa shape index (κ3) is 5.30. The van der Waals surface area contributed by atoms with E-state index in [0.717, 1.165) is 24.2 Å². The van der Waals surface area contributed by atoms with Gasteiger partial charge >= 0.3 is 0 Å². The quantitative estimate of drug-likeness (QED) is 0.775. The largest absolute Gasteiger partial charge is 0.399 e. The van der Waals surface area contributed by atoms with Crippen molar-refractivity contribution in [3.05, 3.63) is 23.8 Å². The summed E-state index contributed by atoms with van der Waals surface area (Å²) in [7, 11) is 1.97. The fourth-order valence-corrected chi connectivity index (χ4v) is 1.99. The molecule has 0 aliphatic rings. The topological polar surface area (TPSA) is 58.4 Å². The highest BCUT2D eigenvalue weighted by molar-refractivity contribution is 5.93. The van der Waals surface area contributed by atoms with E-state index in [-0.39, 0.29) is 5.91 Å². The molecule has 0 heterocycles. The van der Waals surface area contributed by atoms with Gasteiger partial charge in [0.05, 0.1) is 6.54 Å². The van der Waals surface area contributed by atoms with Crippen LogP contribution >= 0.6 is 0 Å². The predicted octanol–water partition coefficient (Wildman–Crippen LogP) is 2.49. The van der Waals surface area contributed by atoms with Gasteiger partial charge in [0.2, 0.25) is 5.91 Å². The van der Waals surface area contributed by atoms with Gasteiger partial charge in [-0.1, -0.05) is 20.3 Å². The average Bonchev–Trinajstić information content (AvgIpc) is 2.32. The van der Waals surface area contributed by atoms with Gasteiger partial charge in [-0.15, -0.1) is 0 Å². The van der Waals surface area contributed by atoms with Crippen molar-refractivity contribution in [2.75, 3.05) is 31.2 Å². The second-order valence-electron chi connectivity index (χ2n) is 5.33. The average molecular weight is 263 g/mol. The minimum atomic E-state index is 0.0127. The van der Waals surface area contributed by atoms with Crippen molar-refractivity contribution >= 4 is 17.3 Å². The number of likely N-dealkylation sites (N-methyl/N-ethyl adjacent to an activating group) is 1. The summed E-state index contributed by atoms with van der Waals surface area (Å²) in [6.45, 7) is 7.64. The first kappa shape index (κ1) is 15.5. The summed E-state index contributed by atoms with van der Waals surface area (Å²) in [5.41, 5.74) is 8.21. The van der Waals surface area contributed by atoms with Gasteiger partial charge in [0, 0.05) is 17.9 Å². The number of amides is 1. The molecule has 1 rings (SSSR count). The van der Waals surface area contributed by atoms with E-state index < -0.39 is 0 Å². The Kier molecular flexibility index (Phi) is 5.83. The lowest BCUT2D eigenvalue weighted by Crippen LogP contribution is -2.33. The first-order valence-corrected chi connectivity index (χ1v) is 6.77. The fourth-order valence-electron chi connectivity index (χ4n) is 1.99. The summed E-state index contributed by atoms with van der Waals surface area (Å²) in [4.78, 5) is 14.0. The highest BCUT2D eigenvalue weighted by Crippen LogP contribution is 2.17. The molecule has 1 aromatic rings. The number of carbonyl (C=O) groups excluding carboxylic acids is 1. The van der Waals surface area contributed by atoms with E-state index in [9.17, 15) is 4.79 Å². The monoisotopic (exact) mass is 263 g/mol. The molecule has 0 fully saturated rings. The zero-order chi connectivity index (χ0) is 14.4. The van der Waals surface area contributed by atoms with Crippen LogP contribution in [0.1, 0.15) is 25.8 Å².